The van der Waals surface area contributed by atoms with Gasteiger partial charge < -0.3 is 15.1 Å². The molecule has 0 radical (unpaired) electrons. The molecule has 2 aliphatic rings. The number of carbonyl (C=O) groups excluding carboxylic acids is 1. The molecule has 0 aliphatic carbocycles. The zero-order valence-corrected chi connectivity index (χ0v) is 13.2. The van der Waals surface area contributed by atoms with Gasteiger partial charge in [0, 0.05) is 13.1 Å². The molecule has 2 heterocycles. The van der Waals surface area contributed by atoms with Gasteiger partial charge >= 0.3 is 0 Å². The highest BCUT2D eigenvalue weighted by Crippen LogP contribution is 2.32. The first-order chi connectivity index (χ1) is 9.70. The van der Waals surface area contributed by atoms with E-state index in [4.69, 9.17) is 0 Å². The fourth-order valence-electron chi connectivity index (χ4n) is 3.60. The number of hydrogen-bond acceptors (Lipinski definition) is 3. The Morgan fingerprint density at radius 1 is 1.05 bits per heavy atom. The minimum atomic E-state index is 0.292. The van der Waals surface area contributed by atoms with Gasteiger partial charge in [-0.2, -0.15) is 0 Å². The van der Waals surface area contributed by atoms with Gasteiger partial charge in [0.05, 0.1) is 6.54 Å². The second-order valence-electron chi connectivity index (χ2n) is 6.54. The first-order valence-corrected chi connectivity index (χ1v) is 8.37. The third-order valence-corrected chi connectivity index (χ3v) is 5.03. The SMILES string of the molecule is CCCNCC(=O)N1CCC(C2CCN(C)CC2)CC1. The van der Waals surface area contributed by atoms with Crippen molar-refractivity contribution in [3.63, 3.8) is 0 Å². The van der Waals surface area contributed by atoms with E-state index in [0.717, 1.165) is 37.9 Å². The monoisotopic (exact) mass is 281 g/mol. The van der Waals surface area contributed by atoms with Crippen molar-refractivity contribution < 1.29 is 4.79 Å². The molecule has 4 heteroatoms. The van der Waals surface area contributed by atoms with Gasteiger partial charge in [-0.05, 0) is 70.6 Å². The highest BCUT2D eigenvalue weighted by molar-refractivity contribution is 5.78. The Bertz CT molecular complexity index is 292. The highest BCUT2D eigenvalue weighted by Gasteiger charge is 2.29. The van der Waals surface area contributed by atoms with Crippen LogP contribution >= 0.6 is 0 Å². The van der Waals surface area contributed by atoms with E-state index >= 15 is 0 Å². The number of hydrogen-bond donors (Lipinski definition) is 1. The van der Waals surface area contributed by atoms with Crippen LogP contribution in [0.5, 0.6) is 0 Å². The fourth-order valence-corrected chi connectivity index (χ4v) is 3.60. The van der Waals surface area contributed by atoms with Gasteiger partial charge in [-0.25, -0.2) is 0 Å². The van der Waals surface area contributed by atoms with Crippen molar-refractivity contribution in [2.45, 2.75) is 39.0 Å². The molecule has 20 heavy (non-hydrogen) atoms. The summed E-state index contributed by atoms with van der Waals surface area (Å²) >= 11 is 0. The topological polar surface area (TPSA) is 35.6 Å². The van der Waals surface area contributed by atoms with Crippen LogP contribution in [-0.2, 0) is 4.79 Å². The fraction of sp³-hybridized carbons (Fsp3) is 0.938. The Hall–Kier alpha value is -0.610. The average Bonchev–Trinajstić information content (AvgIpc) is 2.48. The van der Waals surface area contributed by atoms with Gasteiger partial charge in [0.2, 0.25) is 5.91 Å². The molecule has 0 aromatic carbocycles. The van der Waals surface area contributed by atoms with E-state index in [1.165, 1.54) is 38.8 Å². The van der Waals surface area contributed by atoms with Gasteiger partial charge in [-0.15, -0.1) is 0 Å². The summed E-state index contributed by atoms with van der Waals surface area (Å²) in [6, 6.07) is 0. The number of rotatable bonds is 5. The average molecular weight is 281 g/mol. The van der Waals surface area contributed by atoms with E-state index in [1.807, 2.05) is 0 Å². The molecule has 2 rings (SSSR count). The summed E-state index contributed by atoms with van der Waals surface area (Å²) in [6.45, 7) is 8.05. The zero-order chi connectivity index (χ0) is 14.4. The smallest absolute Gasteiger partial charge is 0.236 e. The number of amides is 1. The summed E-state index contributed by atoms with van der Waals surface area (Å²) in [5.41, 5.74) is 0. The molecule has 0 aromatic heterocycles. The Labute approximate surface area is 123 Å². The van der Waals surface area contributed by atoms with E-state index in [1.54, 1.807) is 0 Å². The van der Waals surface area contributed by atoms with Crippen molar-refractivity contribution in [2.24, 2.45) is 11.8 Å². The Morgan fingerprint density at radius 3 is 2.15 bits per heavy atom. The first-order valence-electron chi connectivity index (χ1n) is 8.37. The molecule has 0 aromatic rings. The zero-order valence-electron chi connectivity index (χ0n) is 13.2. The lowest BCUT2D eigenvalue weighted by Gasteiger charge is -2.39. The maximum Gasteiger partial charge on any atom is 0.236 e. The minimum Gasteiger partial charge on any atom is -0.342 e. The van der Waals surface area contributed by atoms with E-state index in [0.29, 0.717) is 12.5 Å². The van der Waals surface area contributed by atoms with Crippen LogP contribution in [0.25, 0.3) is 0 Å². The predicted molar refractivity (Wildman–Crippen MR) is 82.7 cm³/mol. The molecule has 1 amide bonds. The number of nitrogens with zero attached hydrogens (tertiary/aromatic N) is 2. The second kappa shape index (κ2) is 7.99. The Balaban J connectivity index is 1.68. The molecule has 2 fully saturated rings. The predicted octanol–water partition coefficient (Wildman–Crippen LogP) is 1.57. The lowest BCUT2D eigenvalue weighted by molar-refractivity contribution is -0.131. The molecule has 0 atom stereocenters. The van der Waals surface area contributed by atoms with Gasteiger partial charge in [-0.1, -0.05) is 6.92 Å². The molecule has 2 saturated heterocycles. The van der Waals surface area contributed by atoms with Crippen LogP contribution in [0.3, 0.4) is 0 Å². The summed E-state index contributed by atoms with van der Waals surface area (Å²) in [5, 5.41) is 3.21. The standard InChI is InChI=1S/C16H31N3O/c1-3-8-17-13-16(20)19-11-6-15(7-12-19)14-4-9-18(2)10-5-14/h14-15,17H,3-13H2,1-2H3. The van der Waals surface area contributed by atoms with E-state index < -0.39 is 0 Å². The van der Waals surface area contributed by atoms with Crippen LogP contribution in [0.1, 0.15) is 39.0 Å². The van der Waals surface area contributed by atoms with Crippen LogP contribution in [0.2, 0.25) is 0 Å². The molecule has 1 N–H and O–H groups in total. The molecule has 2 aliphatic heterocycles. The lowest BCUT2D eigenvalue weighted by Crippen LogP contribution is -2.45. The highest BCUT2D eigenvalue weighted by atomic mass is 16.2. The molecular weight excluding hydrogens is 250 g/mol. The molecule has 0 bridgehead atoms. The summed E-state index contributed by atoms with van der Waals surface area (Å²) in [6.07, 6.45) is 6.23. The Kier molecular flexibility index (Phi) is 6.30. The van der Waals surface area contributed by atoms with Crippen LogP contribution in [0, 0.1) is 11.8 Å². The van der Waals surface area contributed by atoms with Gasteiger partial charge in [0.15, 0.2) is 0 Å². The van der Waals surface area contributed by atoms with E-state index in [2.05, 4.69) is 29.1 Å². The van der Waals surface area contributed by atoms with E-state index in [9.17, 15) is 4.79 Å². The first kappa shape index (κ1) is 15.8. The third kappa shape index (κ3) is 4.45. The molecule has 0 unspecified atom stereocenters. The summed E-state index contributed by atoms with van der Waals surface area (Å²) in [7, 11) is 2.22. The summed E-state index contributed by atoms with van der Waals surface area (Å²) in [4.78, 5) is 16.6. The lowest BCUT2D eigenvalue weighted by atomic mass is 9.79. The van der Waals surface area contributed by atoms with Crippen molar-refractivity contribution in [1.82, 2.24) is 15.1 Å². The number of nitrogens with one attached hydrogen (secondary N) is 1. The molecule has 0 saturated carbocycles. The second-order valence-corrected chi connectivity index (χ2v) is 6.54. The van der Waals surface area contributed by atoms with Crippen molar-refractivity contribution in [3.05, 3.63) is 0 Å². The van der Waals surface area contributed by atoms with Crippen LogP contribution in [0.15, 0.2) is 0 Å². The number of likely N-dealkylation sites (tertiary alicyclic amines) is 2. The molecule has 116 valence electrons. The Morgan fingerprint density at radius 2 is 1.60 bits per heavy atom. The third-order valence-electron chi connectivity index (χ3n) is 5.03. The normalized spacial score (nSPS) is 23.2. The van der Waals surface area contributed by atoms with Crippen molar-refractivity contribution in [1.29, 1.82) is 0 Å². The molecular formula is C16H31N3O. The van der Waals surface area contributed by atoms with Crippen LogP contribution in [-0.4, -0.2) is 62.0 Å². The number of piperidine rings is 2. The summed E-state index contributed by atoms with van der Waals surface area (Å²) < 4.78 is 0. The molecule has 4 nitrogen and oxygen atoms in total. The van der Waals surface area contributed by atoms with Gasteiger partial charge in [-0.3, -0.25) is 4.79 Å². The van der Waals surface area contributed by atoms with Crippen molar-refractivity contribution in [2.75, 3.05) is 46.3 Å². The number of carbonyl (C=O) groups is 1. The van der Waals surface area contributed by atoms with E-state index in [-0.39, 0.29) is 0 Å². The molecule has 0 spiro atoms. The summed E-state index contributed by atoms with van der Waals surface area (Å²) in [5.74, 6) is 2.05. The van der Waals surface area contributed by atoms with Gasteiger partial charge in [0.1, 0.15) is 0 Å². The largest absolute Gasteiger partial charge is 0.342 e. The van der Waals surface area contributed by atoms with Crippen LogP contribution < -0.4 is 5.32 Å². The van der Waals surface area contributed by atoms with Crippen molar-refractivity contribution >= 4 is 5.91 Å². The quantitative estimate of drug-likeness (QED) is 0.777. The van der Waals surface area contributed by atoms with Gasteiger partial charge in [0.25, 0.3) is 0 Å². The maximum absolute atomic E-state index is 12.1. The van der Waals surface area contributed by atoms with Crippen molar-refractivity contribution in [3.8, 4) is 0 Å². The maximum atomic E-state index is 12.1. The van der Waals surface area contributed by atoms with Crippen LogP contribution in [0.4, 0.5) is 0 Å². The minimum absolute atomic E-state index is 0.292.